The topological polar surface area (TPSA) is 20.2 Å². The van der Waals surface area contributed by atoms with Crippen LogP contribution in [0, 0.1) is 0 Å². The molecule has 0 radical (unpaired) electrons. The number of hydrogen-bond acceptors (Lipinski definition) is 1. The van der Waals surface area contributed by atoms with Crippen LogP contribution in [0.5, 0.6) is 0 Å². The van der Waals surface area contributed by atoms with Crippen LogP contribution in [-0.2, 0) is 0 Å². The molecule has 0 aromatic carbocycles. The predicted octanol–water partition coefficient (Wildman–Crippen LogP) is 8.77. The van der Waals surface area contributed by atoms with Gasteiger partial charge in [-0.3, -0.25) is 0 Å². The molecule has 0 aromatic heterocycles. The molecule has 0 bridgehead atoms. The van der Waals surface area contributed by atoms with Crippen molar-refractivity contribution in [1.82, 2.24) is 0 Å². The van der Waals surface area contributed by atoms with Crippen LogP contribution >= 0.6 is 6.83 Å². The van der Waals surface area contributed by atoms with Gasteiger partial charge in [0.1, 0.15) is 0 Å². The molecule has 0 rings (SSSR count). The van der Waals surface area contributed by atoms with Gasteiger partial charge in [-0.05, 0) is 0 Å². The van der Waals surface area contributed by atoms with Crippen molar-refractivity contribution < 1.29 is 4.89 Å². The van der Waals surface area contributed by atoms with E-state index in [0.717, 1.165) is 18.5 Å². The van der Waals surface area contributed by atoms with Crippen LogP contribution in [0.4, 0.5) is 0 Å². The van der Waals surface area contributed by atoms with Crippen molar-refractivity contribution in [2.24, 2.45) is 0 Å². The summed E-state index contributed by atoms with van der Waals surface area (Å²) in [5, 5.41) is 0. The van der Waals surface area contributed by atoms with Gasteiger partial charge in [0.25, 0.3) is 0 Å². The molecule has 0 aliphatic heterocycles. The van der Waals surface area contributed by atoms with Gasteiger partial charge < -0.3 is 0 Å². The first-order valence-corrected chi connectivity index (χ1v) is 15.2. The van der Waals surface area contributed by atoms with Gasteiger partial charge in [-0.15, -0.1) is 0 Å². The van der Waals surface area contributed by atoms with Crippen LogP contribution in [0.2, 0.25) is 0 Å². The zero-order chi connectivity index (χ0) is 19.6. The van der Waals surface area contributed by atoms with Crippen molar-refractivity contribution in [3.05, 3.63) is 0 Å². The van der Waals surface area contributed by atoms with E-state index in [0.29, 0.717) is 0 Å². The molecule has 0 amide bonds. The SMILES string of the molecule is CCCCCCCCCCCCP(O)(CCCC)(CCCC)CCCC. The molecule has 0 aliphatic carbocycles. The Hall–Kier alpha value is 0.390. The van der Waals surface area contributed by atoms with Crippen molar-refractivity contribution in [2.45, 2.75) is 130 Å². The molecule has 0 aromatic rings. The van der Waals surface area contributed by atoms with E-state index in [1.165, 1.54) is 109 Å². The van der Waals surface area contributed by atoms with Crippen LogP contribution in [0.1, 0.15) is 130 Å². The Balaban J connectivity index is 4.27. The molecule has 1 N–H and O–H groups in total. The van der Waals surface area contributed by atoms with Gasteiger partial charge in [-0.1, -0.05) is 0 Å². The van der Waals surface area contributed by atoms with E-state index in [9.17, 15) is 4.89 Å². The normalized spacial score (nSPS) is 13.7. The molecule has 1 nitrogen and oxygen atoms in total. The number of unbranched alkanes of at least 4 members (excludes halogenated alkanes) is 12. The monoisotopic (exact) mass is 388 g/mol. The molecule has 0 atom stereocenters. The van der Waals surface area contributed by atoms with E-state index in [4.69, 9.17) is 0 Å². The maximum atomic E-state index is 12.0. The van der Waals surface area contributed by atoms with E-state index >= 15 is 0 Å². The zero-order valence-corrected chi connectivity index (χ0v) is 19.9. The molecule has 0 saturated heterocycles. The van der Waals surface area contributed by atoms with Crippen LogP contribution in [-0.4, -0.2) is 29.5 Å². The van der Waals surface area contributed by atoms with Gasteiger partial charge in [0.15, 0.2) is 0 Å². The number of rotatable bonds is 20. The second-order valence-electron chi connectivity index (χ2n) is 9.04. The van der Waals surface area contributed by atoms with Crippen molar-refractivity contribution in [3.63, 3.8) is 0 Å². The van der Waals surface area contributed by atoms with E-state index in [-0.39, 0.29) is 0 Å². The summed E-state index contributed by atoms with van der Waals surface area (Å²) in [6, 6.07) is 0. The Kier molecular flexibility index (Phi) is 16.6. The third kappa shape index (κ3) is 12.7. The minimum atomic E-state index is -2.44. The van der Waals surface area contributed by atoms with Crippen molar-refractivity contribution in [2.75, 3.05) is 24.6 Å². The third-order valence-corrected chi connectivity index (χ3v) is 12.2. The molecular formula is C24H53OP. The first-order chi connectivity index (χ1) is 12.5. The Bertz CT molecular complexity index is 278. The molecule has 0 fully saturated rings. The summed E-state index contributed by atoms with van der Waals surface area (Å²) in [7, 11) is 0. The summed E-state index contributed by atoms with van der Waals surface area (Å²) in [6.07, 6.45) is 25.9. The second kappa shape index (κ2) is 16.4. The minimum absolute atomic E-state index is 1.15. The fourth-order valence-electron chi connectivity index (χ4n) is 4.37. The Morgan fingerprint density at radius 1 is 0.385 bits per heavy atom. The fraction of sp³-hybridized carbons (Fsp3) is 1.00. The summed E-state index contributed by atoms with van der Waals surface area (Å²) in [6.45, 7) is 6.69. The average Bonchev–Trinajstić information content (AvgIpc) is 2.65. The van der Waals surface area contributed by atoms with Gasteiger partial charge in [0.05, 0.1) is 0 Å². The summed E-state index contributed by atoms with van der Waals surface area (Å²) in [4.78, 5) is 12.0. The zero-order valence-electron chi connectivity index (χ0n) is 19.0. The molecule has 160 valence electrons. The second-order valence-corrected chi connectivity index (χ2v) is 14.6. The maximum absolute atomic E-state index is 12.0. The molecule has 26 heavy (non-hydrogen) atoms. The summed E-state index contributed by atoms with van der Waals surface area (Å²) < 4.78 is 0. The molecule has 0 unspecified atom stereocenters. The van der Waals surface area contributed by atoms with Gasteiger partial charge in [-0.25, -0.2) is 0 Å². The number of hydrogen-bond donors (Lipinski definition) is 1. The molecule has 0 saturated carbocycles. The van der Waals surface area contributed by atoms with E-state index in [1.54, 1.807) is 0 Å². The van der Waals surface area contributed by atoms with Crippen LogP contribution in [0.15, 0.2) is 0 Å². The molecule has 0 aliphatic rings. The van der Waals surface area contributed by atoms with Gasteiger partial charge >= 0.3 is 167 Å². The van der Waals surface area contributed by atoms with Crippen LogP contribution < -0.4 is 0 Å². The first kappa shape index (κ1) is 26.4. The van der Waals surface area contributed by atoms with Gasteiger partial charge in [0, 0.05) is 0 Å². The predicted molar refractivity (Wildman–Crippen MR) is 125 cm³/mol. The average molecular weight is 389 g/mol. The van der Waals surface area contributed by atoms with E-state index in [2.05, 4.69) is 27.7 Å². The Morgan fingerprint density at radius 2 is 0.654 bits per heavy atom. The summed E-state index contributed by atoms with van der Waals surface area (Å²) in [5.74, 6) is 0. The molecule has 2 heteroatoms. The van der Waals surface area contributed by atoms with Crippen molar-refractivity contribution in [3.8, 4) is 0 Å². The Morgan fingerprint density at radius 3 is 1.00 bits per heavy atom. The van der Waals surface area contributed by atoms with Crippen molar-refractivity contribution in [1.29, 1.82) is 0 Å². The van der Waals surface area contributed by atoms with Gasteiger partial charge in [0.2, 0.25) is 0 Å². The molecule has 0 spiro atoms. The molecule has 0 heterocycles. The van der Waals surface area contributed by atoms with E-state index < -0.39 is 6.83 Å². The molecular weight excluding hydrogens is 335 g/mol. The van der Waals surface area contributed by atoms with Crippen LogP contribution in [0.25, 0.3) is 0 Å². The van der Waals surface area contributed by atoms with Gasteiger partial charge in [-0.2, -0.15) is 0 Å². The quantitative estimate of drug-likeness (QED) is 0.163. The van der Waals surface area contributed by atoms with Crippen LogP contribution in [0.3, 0.4) is 0 Å². The van der Waals surface area contributed by atoms with Crippen molar-refractivity contribution >= 4 is 6.83 Å². The Labute approximate surface area is 167 Å². The fourth-order valence-corrected chi connectivity index (χ4v) is 10.1. The summed E-state index contributed by atoms with van der Waals surface area (Å²) >= 11 is 0. The standard InChI is InChI=1S/C24H53OP/c1-5-9-13-14-15-16-17-18-19-20-24-26(25,21-10-6-2,22-11-7-3)23-12-8-4/h25H,5-24H2,1-4H3. The third-order valence-electron chi connectivity index (χ3n) is 6.34. The van der Waals surface area contributed by atoms with E-state index in [1.807, 2.05) is 0 Å². The summed E-state index contributed by atoms with van der Waals surface area (Å²) in [5.41, 5.74) is 0. The first-order valence-electron chi connectivity index (χ1n) is 12.3.